The van der Waals surface area contributed by atoms with Crippen LogP contribution in [0.1, 0.15) is 38.2 Å². The van der Waals surface area contributed by atoms with E-state index in [1.165, 1.54) is 42.3 Å². The number of nitrogens with one attached hydrogen (secondary N) is 1. The molecule has 11 nitrogen and oxygen atoms in total. The molecule has 1 saturated carbocycles. The molecule has 42 heavy (non-hydrogen) atoms. The molecule has 2 amide bonds. The first kappa shape index (κ1) is 30.5. The van der Waals surface area contributed by atoms with Gasteiger partial charge in [-0.2, -0.15) is 0 Å². The zero-order valence-corrected chi connectivity index (χ0v) is 24.3. The highest BCUT2D eigenvalue weighted by Gasteiger charge is 2.33. The zero-order chi connectivity index (χ0) is 30.3. The van der Waals surface area contributed by atoms with E-state index in [2.05, 4.69) is 5.32 Å². The Labute approximate surface area is 245 Å². The summed E-state index contributed by atoms with van der Waals surface area (Å²) in [6.07, 6.45) is 3.76. The lowest BCUT2D eigenvalue weighted by Gasteiger charge is -2.32. The highest BCUT2D eigenvalue weighted by atomic mass is 32.2. The lowest BCUT2D eigenvalue weighted by molar-refractivity contribution is -0.384. The number of nitrogens with zero attached hydrogens (tertiary/aromatic N) is 3. The van der Waals surface area contributed by atoms with Crippen LogP contribution in [0.5, 0.6) is 5.75 Å². The lowest BCUT2D eigenvalue weighted by atomic mass is 10.1. The molecule has 1 atom stereocenters. The molecule has 1 aliphatic rings. The van der Waals surface area contributed by atoms with E-state index in [4.69, 9.17) is 4.74 Å². The van der Waals surface area contributed by atoms with Crippen molar-refractivity contribution in [3.63, 3.8) is 0 Å². The molecule has 3 aromatic carbocycles. The first-order chi connectivity index (χ1) is 20.1. The van der Waals surface area contributed by atoms with Crippen molar-refractivity contribution in [3.05, 3.63) is 94.5 Å². The Bertz CT molecular complexity index is 1510. The molecule has 3 aromatic rings. The molecule has 222 valence electrons. The van der Waals surface area contributed by atoms with Gasteiger partial charge in [0.1, 0.15) is 18.3 Å². The van der Waals surface area contributed by atoms with Crippen molar-refractivity contribution in [2.24, 2.45) is 0 Å². The Morgan fingerprint density at radius 1 is 1.02 bits per heavy atom. The van der Waals surface area contributed by atoms with E-state index in [0.29, 0.717) is 11.3 Å². The molecular formula is C30H34N4O7S. The van der Waals surface area contributed by atoms with E-state index in [-0.39, 0.29) is 34.8 Å². The molecule has 0 aromatic heterocycles. The van der Waals surface area contributed by atoms with Crippen molar-refractivity contribution in [2.75, 3.05) is 18.0 Å². The molecular weight excluding hydrogens is 560 g/mol. The van der Waals surface area contributed by atoms with Gasteiger partial charge < -0.3 is 15.0 Å². The molecule has 1 N–H and O–H groups in total. The van der Waals surface area contributed by atoms with Crippen LogP contribution in [0.15, 0.2) is 83.8 Å². The second kappa shape index (κ2) is 13.5. The van der Waals surface area contributed by atoms with Gasteiger partial charge in [0.05, 0.1) is 22.6 Å². The first-order valence-electron chi connectivity index (χ1n) is 13.6. The van der Waals surface area contributed by atoms with Crippen LogP contribution in [0, 0.1) is 10.1 Å². The highest BCUT2D eigenvalue weighted by Crippen LogP contribution is 2.28. The minimum Gasteiger partial charge on any atom is -0.497 e. The van der Waals surface area contributed by atoms with Gasteiger partial charge in [0.2, 0.25) is 11.8 Å². The predicted octanol–water partition coefficient (Wildman–Crippen LogP) is 4.27. The molecule has 0 bridgehead atoms. The Morgan fingerprint density at radius 2 is 1.69 bits per heavy atom. The fourth-order valence-electron chi connectivity index (χ4n) is 4.91. The van der Waals surface area contributed by atoms with Crippen molar-refractivity contribution in [2.45, 2.75) is 56.1 Å². The number of hydrogen-bond donors (Lipinski definition) is 1. The summed E-state index contributed by atoms with van der Waals surface area (Å²) in [5.41, 5.74) is 0.332. The Kier molecular flexibility index (Phi) is 9.79. The van der Waals surface area contributed by atoms with Crippen molar-refractivity contribution < 1.29 is 27.7 Å². The van der Waals surface area contributed by atoms with Crippen LogP contribution in [-0.2, 0) is 26.2 Å². The summed E-state index contributed by atoms with van der Waals surface area (Å²) in [5.74, 6) is -0.364. The van der Waals surface area contributed by atoms with Crippen LogP contribution in [0.3, 0.4) is 0 Å². The van der Waals surface area contributed by atoms with Crippen molar-refractivity contribution in [3.8, 4) is 5.75 Å². The fourth-order valence-corrected chi connectivity index (χ4v) is 6.34. The molecule has 0 saturated heterocycles. The molecule has 0 aliphatic heterocycles. The number of nitro benzene ring substituents is 1. The maximum absolute atomic E-state index is 14.0. The number of non-ortho nitro benzene ring substituents is 1. The van der Waals surface area contributed by atoms with Gasteiger partial charge >= 0.3 is 0 Å². The number of carbonyl (C=O) groups excluding carboxylic acids is 2. The summed E-state index contributed by atoms with van der Waals surface area (Å²) >= 11 is 0. The van der Waals surface area contributed by atoms with Crippen LogP contribution < -0.4 is 14.4 Å². The van der Waals surface area contributed by atoms with E-state index in [1.54, 1.807) is 49.4 Å². The van der Waals surface area contributed by atoms with Crippen LogP contribution in [0.4, 0.5) is 11.4 Å². The summed E-state index contributed by atoms with van der Waals surface area (Å²) in [6.45, 7) is 0.945. The number of rotatable bonds is 12. The molecule has 0 heterocycles. The van der Waals surface area contributed by atoms with Gasteiger partial charge in [-0.05, 0) is 55.7 Å². The summed E-state index contributed by atoms with van der Waals surface area (Å²) in [4.78, 5) is 39.4. The number of ether oxygens (including phenoxy) is 1. The number of nitro groups is 1. The van der Waals surface area contributed by atoms with Gasteiger partial charge in [-0.15, -0.1) is 0 Å². The summed E-state index contributed by atoms with van der Waals surface area (Å²) in [5, 5.41) is 14.5. The lowest BCUT2D eigenvalue weighted by Crippen LogP contribution is -2.52. The Morgan fingerprint density at radius 3 is 2.31 bits per heavy atom. The van der Waals surface area contributed by atoms with Crippen LogP contribution in [0.25, 0.3) is 0 Å². The predicted molar refractivity (Wildman–Crippen MR) is 157 cm³/mol. The van der Waals surface area contributed by atoms with E-state index in [0.717, 1.165) is 36.1 Å². The third-order valence-corrected chi connectivity index (χ3v) is 9.11. The number of hydrogen-bond acceptors (Lipinski definition) is 7. The van der Waals surface area contributed by atoms with Gasteiger partial charge in [0.25, 0.3) is 15.7 Å². The minimum absolute atomic E-state index is 0.0241. The normalized spacial score (nSPS) is 14.1. The largest absolute Gasteiger partial charge is 0.497 e. The summed E-state index contributed by atoms with van der Waals surface area (Å²) < 4.78 is 33.7. The number of carbonyl (C=O) groups is 2. The van der Waals surface area contributed by atoms with Crippen LogP contribution in [0.2, 0.25) is 0 Å². The average molecular weight is 595 g/mol. The van der Waals surface area contributed by atoms with Crippen LogP contribution >= 0.6 is 0 Å². The first-order valence-corrected chi connectivity index (χ1v) is 15.1. The number of amides is 2. The van der Waals surface area contributed by atoms with E-state index in [9.17, 15) is 28.1 Å². The monoisotopic (exact) mass is 594 g/mol. The zero-order valence-electron chi connectivity index (χ0n) is 23.5. The van der Waals surface area contributed by atoms with Crippen molar-refractivity contribution in [1.29, 1.82) is 0 Å². The number of sulfonamides is 1. The van der Waals surface area contributed by atoms with E-state index < -0.39 is 33.4 Å². The van der Waals surface area contributed by atoms with E-state index in [1.807, 2.05) is 0 Å². The Balaban J connectivity index is 1.70. The minimum atomic E-state index is -4.33. The molecule has 0 spiro atoms. The average Bonchev–Trinajstić information content (AvgIpc) is 3.52. The van der Waals surface area contributed by atoms with Crippen molar-refractivity contribution >= 4 is 33.2 Å². The third-order valence-electron chi connectivity index (χ3n) is 7.32. The summed E-state index contributed by atoms with van der Waals surface area (Å²) in [6, 6.07) is 18.7. The maximum atomic E-state index is 14.0. The third kappa shape index (κ3) is 7.24. The van der Waals surface area contributed by atoms with Gasteiger partial charge in [-0.3, -0.25) is 24.0 Å². The highest BCUT2D eigenvalue weighted by molar-refractivity contribution is 7.92. The second-order valence-electron chi connectivity index (χ2n) is 10.1. The van der Waals surface area contributed by atoms with Gasteiger partial charge in [0.15, 0.2) is 0 Å². The quantitative estimate of drug-likeness (QED) is 0.244. The van der Waals surface area contributed by atoms with E-state index >= 15 is 0 Å². The molecule has 1 aliphatic carbocycles. The van der Waals surface area contributed by atoms with Gasteiger partial charge in [-0.1, -0.05) is 49.2 Å². The fraction of sp³-hybridized carbons (Fsp3) is 0.333. The molecule has 1 fully saturated rings. The standard InChI is InChI=1S/C30H34N4O7S/c1-22(30(36)31-24-9-6-7-10-24)32(20-23-15-17-27(41-2)18-16-23)29(35)21-33(25-11-8-12-26(19-25)34(37)38)42(39,40)28-13-4-3-5-14-28/h3-5,8,11-19,22,24H,6-7,9-10,20-21H2,1-2H3,(H,31,36)/t22-/m1/s1. The van der Waals surface area contributed by atoms with Gasteiger partial charge in [-0.25, -0.2) is 8.42 Å². The molecule has 4 rings (SSSR count). The van der Waals surface area contributed by atoms with Crippen molar-refractivity contribution in [1.82, 2.24) is 10.2 Å². The molecule has 0 unspecified atom stereocenters. The summed E-state index contributed by atoms with van der Waals surface area (Å²) in [7, 11) is -2.79. The number of benzene rings is 3. The molecule has 0 radical (unpaired) electrons. The topological polar surface area (TPSA) is 139 Å². The molecule has 12 heteroatoms. The Hall–Kier alpha value is -4.45. The van der Waals surface area contributed by atoms with Crippen LogP contribution in [-0.4, -0.2) is 55.8 Å². The van der Waals surface area contributed by atoms with Gasteiger partial charge in [0, 0.05) is 24.7 Å². The smallest absolute Gasteiger partial charge is 0.271 e. The second-order valence-corrected chi connectivity index (χ2v) is 12.0. The number of anilines is 1. The SMILES string of the molecule is COc1ccc(CN(C(=O)CN(c2cccc([N+](=O)[O-])c2)S(=O)(=O)c2ccccc2)[C@H](C)C(=O)NC2CCCC2)cc1. The maximum Gasteiger partial charge on any atom is 0.271 e. The number of methoxy groups -OCH3 is 1.